The summed E-state index contributed by atoms with van der Waals surface area (Å²) in [4.78, 5) is 27.8. The molecule has 0 saturated carbocycles. The SMILES string of the molecule is O=C(c1c[nH]c(=O)cc1O)N1CCCC(CCc2cccc(C(F)(F)F)c2)C1. The monoisotopic (exact) mass is 394 g/mol. The van der Waals surface area contributed by atoms with E-state index < -0.39 is 17.3 Å². The number of pyridine rings is 1. The zero-order valence-electron chi connectivity index (χ0n) is 15.1. The molecule has 1 fully saturated rings. The number of alkyl halides is 3. The molecule has 1 aromatic carbocycles. The van der Waals surface area contributed by atoms with Crippen LogP contribution in [0.3, 0.4) is 0 Å². The van der Waals surface area contributed by atoms with Crippen molar-refractivity contribution in [2.45, 2.75) is 31.9 Å². The molecule has 0 radical (unpaired) electrons. The van der Waals surface area contributed by atoms with Crippen molar-refractivity contribution in [2.75, 3.05) is 13.1 Å². The van der Waals surface area contributed by atoms with Crippen LogP contribution in [-0.2, 0) is 12.6 Å². The van der Waals surface area contributed by atoms with Crippen LogP contribution in [-0.4, -0.2) is 34.0 Å². The molecule has 1 saturated heterocycles. The van der Waals surface area contributed by atoms with Crippen LogP contribution in [0.2, 0.25) is 0 Å². The summed E-state index contributed by atoms with van der Waals surface area (Å²) in [7, 11) is 0. The Morgan fingerprint density at radius 1 is 1.29 bits per heavy atom. The first kappa shape index (κ1) is 20.0. The fourth-order valence-corrected chi connectivity index (χ4v) is 3.56. The van der Waals surface area contributed by atoms with Gasteiger partial charge in [-0.1, -0.05) is 18.2 Å². The van der Waals surface area contributed by atoms with Crippen molar-refractivity contribution in [3.63, 3.8) is 0 Å². The highest BCUT2D eigenvalue weighted by Crippen LogP contribution is 2.30. The van der Waals surface area contributed by atoms with Crippen molar-refractivity contribution in [1.29, 1.82) is 0 Å². The Labute approximate surface area is 159 Å². The minimum Gasteiger partial charge on any atom is -0.507 e. The minimum atomic E-state index is -4.36. The molecule has 1 atom stereocenters. The fourth-order valence-electron chi connectivity index (χ4n) is 3.56. The maximum absolute atomic E-state index is 12.8. The summed E-state index contributed by atoms with van der Waals surface area (Å²) in [6.45, 7) is 1.01. The van der Waals surface area contributed by atoms with E-state index in [4.69, 9.17) is 0 Å². The Morgan fingerprint density at radius 2 is 2.07 bits per heavy atom. The number of piperidine rings is 1. The number of aromatic hydroxyl groups is 1. The van der Waals surface area contributed by atoms with Crippen LogP contribution >= 0.6 is 0 Å². The Kier molecular flexibility index (Phi) is 5.76. The molecule has 1 aromatic heterocycles. The van der Waals surface area contributed by atoms with Crippen LogP contribution in [0.1, 0.15) is 40.7 Å². The van der Waals surface area contributed by atoms with Gasteiger partial charge in [-0.25, -0.2) is 0 Å². The molecule has 2 N–H and O–H groups in total. The number of halogens is 3. The number of hydrogen-bond donors (Lipinski definition) is 2. The number of carbonyl (C=O) groups excluding carboxylic acids is 1. The number of carbonyl (C=O) groups is 1. The first-order valence-electron chi connectivity index (χ1n) is 9.11. The largest absolute Gasteiger partial charge is 0.507 e. The van der Waals surface area contributed by atoms with E-state index in [9.17, 15) is 27.9 Å². The molecule has 28 heavy (non-hydrogen) atoms. The minimum absolute atomic E-state index is 0.0399. The van der Waals surface area contributed by atoms with Crippen molar-refractivity contribution in [1.82, 2.24) is 9.88 Å². The standard InChI is InChI=1S/C20H21F3N2O3/c21-20(22,23)15-5-1-3-13(9-15)6-7-14-4-2-8-25(12-14)19(28)16-11-24-18(27)10-17(16)26/h1,3,5,9-11,14H,2,4,6-8,12H2,(H2,24,26,27). The average molecular weight is 394 g/mol. The molecule has 2 heterocycles. The number of aromatic amines is 1. The van der Waals surface area contributed by atoms with E-state index in [2.05, 4.69) is 4.98 Å². The number of aryl methyl sites for hydroxylation is 1. The number of benzene rings is 1. The smallest absolute Gasteiger partial charge is 0.416 e. The molecule has 2 aromatic rings. The lowest BCUT2D eigenvalue weighted by atomic mass is 9.91. The van der Waals surface area contributed by atoms with Crippen LogP contribution in [0, 0.1) is 5.92 Å². The molecule has 0 spiro atoms. The first-order valence-corrected chi connectivity index (χ1v) is 9.11. The number of aromatic nitrogens is 1. The molecule has 8 heteroatoms. The van der Waals surface area contributed by atoms with Gasteiger partial charge < -0.3 is 15.0 Å². The van der Waals surface area contributed by atoms with Crippen molar-refractivity contribution < 1.29 is 23.1 Å². The lowest BCUT2D eigenvalue weighted by Gasteiger charge is -2.33. The van der Waals surface area contributed by atoms with Gasteiger partial charge in [0.1, 0.15) is 5.75 Å². The van der Waals surface area contributed by atoms with Crippen LogP contribution in [0.5, 0.6) is 5.75 Å². The van der Waals surface area contributed by atoms with Crippen LogP contribution in [0.25, 0.3) is 0 Å². The quantitative estimate of drug-likeness (QED) is 0.833. The van der Waals surface area contributed by atoms with Gasteiger partial charge in [-0.3, -0.25) is 9.59 Å². The molecular formula is C20H21F3N2O3. The third-order valence-corrected chi connectivity index (χ3v) is 5.03. The lowest BCUT2D eigenvalue weighted by molar-refractivity contribution is -0.137. The maximum atomic E-state index is 12.8. The molecule has 3 rings (SSSR count). The van der Waals surface area contributed by atoms with E-state index in [0.29, 0.717) is 31.5 Å². The summed E-state index contributed by atoms with van der Waals surface area (Å²) in [6, 6.07) is 6.28. The normalized spacial score (nSPS) is 17.5. The highest BCUT2D eigenvalue weighted by atomic mass is 19.4. The fraction of sp³-hybridized carbons (Fsp3) is 0.400. The van der Waals surface area contributed by atoms with E-state index in [-0.39, 0.29) is 23.1 Å². The van der Waals surface area contributed by atoms with Crippen molar-refractivity contribution in [3.05, 3.63) is 63.6 Å². The molecule has 1 aliphatic rings. The lowest BCUT2D eigenvalue weighted by Crippen LogP contribution is -2.40. The van der Waals surface area contributed by atoms with Crippen LogP contribution in [0.15, 0.2) is 41.3 Å². The number of hydrogen-bond acceptors (Lipinski definition) is 3. The van der Waals surface area contributed by atoms with Gasteiger partial charge >= 0.3 is 6.18 Å². The van der Waals surface area contributed by atoms with Gasteiger partial charge in [0.2, 0.25) is 0 Å². The van der Waals surface area contributed by atoms with E-state index in [1.807, 2.05) is 0 Å². The molecule has 150 valence electrons. The molecular weight excluding hydrogens is 373 g/mol. The second kappa shape index (κ2) is 8.08. The molecule has 0 aliphatic carbocycles. The highest BCUT2D eigenvalue weighted by Gasteiger charge is 2.30. The number of H-pyrrole nitrogens is 1. The van der Waals surface area contributed by atoms with Crippen molar-refractivity contribution in [3.8, 4) is 5.75 Å². The maximum Gasteiger partial charge on any atom is 0.416 e. The van der Waals surface area contributed by atoms with Crippen molar-refractivity contribution in [2.24, 2.45) is 5.92 Å². The second-order valence-corrected chi connectivity index (χ2v) is 7.09. The van der Waals surface area contributed by atoms with Gasteiger partial charge in [0, 0.05) is 25.4 Å². The Balaban J connectivity index is 1.62. The number of likely N-dealkylation sites (tertiary alicyclic amines) is 1. The summed E-state index contributed by atoms with van der Waals surface area (Å²) in [5.74, 6) is -0.561. The summed E-state index contributed by atoms with van der Waals surface area (Å²) in [6.07, 6.45) is -0.318. The van der Waals surface area contributed by atoms with Gasteiger partial charge in [0.05, 0.1) is 11.1 Å². The molecule has 1 aliphatic heterocycles. The second-order valence-electron chi connectivity index (χ2n) is 7.09. The third kappa shape index (κ3) is 4.74. The molecule has 1 unspecified atom stereocenters. The molecule has 5 nitrogen and oxygen atoms in total. The summed E-state index contributed by atoms with van der Waals surface area (Å²) in [5, 5.41) is 9.84. The topological polar surface area (TPSA) is 73.4 Å². The van der Waals surface area contributed by atoms with Gasteiger partial charge in [0.15, 0.2) is 0 Å². The summed E-state index contributed by atoms with van der Waals surface area (Å²) < 4.78 is 38.5. The Morgan fingerprint density at radius 3 is 2.79 bits per heavy atom. The first-order chi connectivity index (χ1) is 13.2. The Bertz CT molecular complexity index is 908. The van der Waals surface area contributed by atoms with Gasteiger partial charge in [0.25, 0.3) is 11.5 Å². The number of amides is 1. The van der Waals surface area contributed by atoms with E-state index in [1.54, 1.807) is 11.0 Å². The molecule has 0 bridgehead atoms. The van der Waals surface area contributed by atoms with Gasteiger partial charge in [-0.2, -0.15) is 13.2 Å². The van der Waals surface area contributed by atoms with E-state index >= 15 is 0 Å². The Hall–Kier alpha value is -2.77. The number of nitrogens with zero attached hydrogens (tertiary/aromatic N) is 1. The highest BCUT2D eigenvalue weighted by molar-refractivity contribution is 5.96. The van der Waals surface area contributed by atoms with Gasteiger partial charge in [-0.15, -0.1) is 0 Å². The summed E-state index contributed by atoms with van der Waals surface area (Å²) in [5.41, 5.74) is -0.486. The predicted octanol–water partition coefficient (Wildman–Crippen LogP) is 3.58. The number of rotatable bonds is 4. The van der Waals surface area contributed by atoms with E-state index in [0.717, 1.165) is 25.0 Å². The summed E-state index contributed by atoms with van der Waals surface area (Å²) >= 11 is 0. The van der Waals surface area contributed by atoms with E-state index in [1.165, 1.54) is 18.3 Å². The van der Waals surface area contributed by atoms with Crippen molar-refractivity contribution >= 4 is 5.91 Å². The number of nitrogens with one attached hydrogen (secondary N) is 1. The predicted molar refractivity (Wildman–Crippen MR) is 97.1 cm³/mol. The molecule has 1 amide bonds. The zero-order valence-corrected chi connectivity index (χ0v) is 15.1. The van der Waals surface area contributed by atoms with Gasteiger partial charge in [-0.05, 0) is 43.2 Å². The average Bonchev–Trinajstić information content (AvgIpc) is 2.66. The zero-order chi connectivity index (χ0) is 20.3. The van der Waals surface area contributed by atoms with Crippen LogP contribution in [0.4, 0.5) is 13.2 Å². The van der Waals surface area contributed by atoms with Crippen LogP contribution < -0.4 is 5.56 Å². The third-order valence-electron chi connectivity index (χ3n) is 5.03.